The van der Waals surface area contributed by atoms with Gasteiger partial charge in [-0.05, 0) is 44.0 Å². The average Bonchev–Trinajstić information content (AvgIpc) is 3.02. The number of nitrogens with one attached hydrogen (secondary N) is 1. The smallest absolute Gasteiger partial charge is 0.261 e. The van der Waals surface area contributed by atoms with Crippen molar-refractivity contribution < 1.29 is 19.2 Å². The van der Waals surface area contributed by atoms with E-state index in [0.717, 1.165) is 19.8 Å². The molecular weight excluding hydrogens is 446 g/mol. The standard InChI is InChI=1S/C19H18BrN3O4S/c1-9-10(2)28-17(15(9)16(21)25)22-14(24)4-3-7-23-18(26)12-6-5-11(20)8-13(12)19(23)27/h5-6,8H,3-4,7H2,1-2H3,(H2,21,25)(H,22,24). The number of rotatable bonds is 6. The first-order valence-corrected chi connectivity index (χ1v) is 10.2. The van der Waals surface area contributed by atoms with Gasteiger partial charge in [0.25, 0.3) is 17.7 Å². The van der Waals surface area contributed by atoms with Gasteiger partial charge >= 0.3 is 0 Å². The Morgan fingerprint density at radius 3 is 2.54 bits per heavy atom. The fourth-order valence-corrected chi connectivity index (χ4v) is 4.51. The summed E-state index contributed by atoms with van der Waals surface area (Å²) < 4.78 is 0.723. The van der Waals surface area contributed by atoms with Gasteiger partial charge in [0.2, 0.25) is 5.91 Å². The van der Waals surface area contributed by atoms with Crippen LogP contribution in [0.1, 0.15) is 54.4 Å². The minimum absolute atomic E-state index is 0.102. The summed E-state index contributed by atoms with van der Waals surface area (Å²) in [7, 11) is 0. The summed E-state index contributed by atoms with van der Waals surface area (Å²) in [6, 6.07) is 4.94. The monoisotopic (exact) mass is 463 g/mol. The van der Waals surface area contributed by atoms with Gasteiger partial charge in [0, 0.05) is 22.3 Å². The molecule has 146 valence electrons. The van der Waals surface area contributed by atoms with E-state index < -0.39 is 5.91 Å². The topological polar surface area (TPSA) is 110 Å². The number of primary amides is 1. The summed E-state index contributed by atoms with van der Waals surface area (Å²) in [5.41, 5.74) is 7.21. The molecule has 0 unspecified atom stereocenters. The van der Waals surface area contributed by atoms with E-state index in [9.17, 15) is 19.2 Å². The molecule has 1 aliphatic heterocycles. The van der Waals surface area contributed by atoms with E-state index in [1.807, 2.05) is 6.92 Å². The van der Waals surface area contributed by atoms with Crippen LogP contribution in [0.25, 0.3) is 0 Å². The number of imide groups is 1. The number of nitrogens with two attached hydrogens (primary N) is 1. The van der Waals surface area contributed by atoms with Gasteiger partial charge in [0.15, 0.2) is 0 Å². The lowest BCUT2D eigenvalue weighted by atomic mass is 10.1. The highest BCUT2D eigenvalue weighted by atomic mass is 79.9. The maximum absolute atomic E-state index is 12.4. The van der Waals surface area contributed by atoms with Crippen LogP contribution >= 0.6 is 27.3 Å². The van der Waals surface area contributed by atoms with Crippen LogP contribution in [0.4, 0.5) is 5.00 Å². The molecule has 28 heavy (non-hydrogen) atoms. The lowest BCUT2D eigenvalue weighted by molar-refractivity contribution is -0.116. The number of amides is 4. The van der Waals surface area contributed by atoms with Crippen LogP contribution in [-0.4, -0.2) is 35.1 Å². The Bertz CT molecular complexity index is 1010. The van der Waals surface area contributed by atoms with Crippen molar-refractivity contribution in [1.29, 1.82) is 0 Å². The zero-order valence-electron chi connectivity index (χ0n) is 15.3. The van der Waals surface area contributed by atoms with E-state index in [4.69, 9.17) is 5.73 Å². The molecule has 2 aromatic rings. The highest BCUT2D eigenvalue weighted by Gasteiger charge is 2.35. The molecule has 9 heteroatoms. The predicted molar refractivity (Wildman–Crippen MR) is 110 cm³/mol. The van der Waals surface area contributed by atoms with Crippen LogP contribution in [0.15, 0.2) is 22.7 Å². The van der Waals surface area contributed by atoms with E-state index in [0.29, 0.717) is 28.1 Å². The number of nitrogens with zero attached hydrogens (tertiary/aromatic N) is 1. The third-order valence-corrected chi connectivity index (χ3v) is 6.22. The summed E-state index contributed by atoms with van der Waals surface area (Å²) in [6.45, 7) is 3.77. The molecule has 0 fully saturated rings. The largest absolute Gasteiger partial charge is 0.365 e. The van der Waals surface area contributed by atoms with Crippen molar-refractivity contribution in [2.45, 2.75) is 26.7 Å². The zero-order chi connectivity index (χ0) is 20.6. The molecule has 1 aliphatic rings. The second kappa shape index (κ2) is 7.84. The molecule has 0 bridgehead atoms. The Labute approximate surface area is 174 Å². The number of benzene rings is 1. The molecule has 7 nitrogen and oxygen atoms in total. The summed E-state index contributed by atoms with van der Waals surface area (Å²) >= 11 is 4.59. The number of thiophene rings is 1. The van der Waals surface area contributed by atoms with Crippen molar-refractivity contribution in [3.05, 3.63) is 49.8 Å². The minimum Gasteiger partial charge on any atom is -0.365 e. The number of fused-ring (bicyclic) bond motifs is 1. The van der Waals surface area contributed by atoms with E-state index in [1.165, 1.54) is 11.3 Å². The number of carbonyl (C=O) groups is 4. The van der Waals surface area contributed by atoms with E-state index >= 15 is 0 Å². The Balaban J connectivity index is 1.60. The van der Waals surface area contributed by atoms with Gasteiger partial charge in [-0.2, -0.15) is 0 Å². The summed E-state index contributed by atoms with van der Waals surface area (Å²) in [6.07, 6.45) is 0.416. The number of carbonyl (C=O) groups excluding carboxylic acids is 4. The fraction of sp³-hybridized carbons (Fsp3) is 0.263. The molecule has 3 rings (SSSR count). The van der Waals surface area contributed by atoms with Crippen LogP contribution in [0.5, 0.6) is 0 Å². The van der Waals surface area contributed by atoms with Gasteiger partial charge in [-0.15, -0.1) is 11.3 Å². The number of anilines is 1. The lowest BCUT2D eigenvalue weighted by Crippen LogP contribution is -2.31. The molecule has 0 saturated carbocycles. The quantitative estimate of drug-likeness (QED) is 0.640. The Morgan fingerprint density at radius 2 is 1.86 bits per heavy atom. The molecule has 3 N–H and O–H groups in total. The van der Waals surface area contributed by atoms with E-state index in [1.54, 1.807) is 25.1 Å². The molecule has 1 aromatic carbocycles. The third-order valence-electron chi connectivity index (χ3n) is 4.60. The molecule has 0 spiro atoms. The molecular formula is C19H18BrN3O4S. The average molecular weight is 464 g/mol. The van der Waals surface area contributed by atoms with Crippen molar-refractivity contribution in [2.24, 2.45) is 5.73 Å². The van der Waals surface area contributed by atoms with Crippen molar-refractivity contribution in [3.63, 3.8) is 0 Å². The Hall–Kier alpha value is -2.52. The van der Waals surface area contributed by atoms with Crippen LogP contribution in [0.2, 0.25) is 0 Å². The zero-order valence-corrected chi connectivity index (χ0v) is 17.7. The van der Waals surface area contributed by atoms with Gasteiger partial charge in [-0.25, -0.2) is 0 Å². The molecule has 1 aromatic heterocycles. The second-order valence-electron chi connectivity index (χ2n) is 6.46. The number of hydrogen-bond acceptors (Lipinski definition) is 5. The van der Waals surface area contributed by atoms with Gasteiger partial charge in [-0.1, -0.05) is 15.9 Å². The fourth-order valence-electron chi connectivity index (χ4n) is 3.06. The van der Waals surface area contributed by atoms with Gasteiger partial charge < -0.3 is 11.1 Å². The second-order valence-corrected chi connectivity index (χ2v) is 8.60. The first kappa shape index (κ1) is 20.2. The highest BCUT2D eigenvalue weighted by molar-refractivity contribution is 9.10. The number of halogens is 1. The Morgan fingerprint density at radius 1 is 1.18 bits per heavy atom. The normalized spacial score (nSPS) is 13.0. The van der Waals surface area contributed by atoms with Gasteiger partial charge in [-0.3, -0.25) is 24.1 Å². The maximum Gasteiger partial charge on any atom is 0.261 e. The summed E-state index contributed by atoms with van der Waals surface area (Å²) in [5, 5.41) is 3.14. The summed E-state index contributed by atoms with van der Waals surface area (Å²) in [4.78, 5) is 50.7. The third kappa shape index (κ3) is 3.72. The number of hydrogen-bond donors (Lipinski definition) is 2. The first-order chi connectivity index (χ1) is 13.2. The molecule has 0 aliphatic carbocycles. The lowest BCUT2D eigenvalue weighted by Gasteiger charge is -2.13. The van der Waals surface area contributed by atoms with Crippen molar-refractivity contribution in [1.82, 2.24) is 4.90 Å². The van der Waals surface area contributed by atoms with Crippen molar-refractivity contribution in [3.8, 4) is 0 Å². The Kier molecular flexibility index (Phi) is 5.66. The first-order valence-electron chi connectivity index (χ1n) is 8.56. The van der Waals surface area contributed by atoms with E-state index in [-0.39, 0.29) is 30.7 Å². The summed E-state index contributed by atoms with van der Waals surface area (Å²) in [5.74, 6) is -1.60. The predicted octanol–water partition coefficient (Wildman–Crippen LogP) is 3.24. The van der Waals surface area contributed by atoms with E-state index in [2.05, 4.69) is 21.2 Å². The van der Waals surface area contributed by atoms with Crippen molar-refractivity contribution >= 4 is 55.9 Å². The molecule has 0 radical (unpaired) electrons. The SMILES string of the molecule is Cc1sc(NC(=O)CCCN2C(=O)c3ccc(Br)cc3C2=O)c(C(N)=O)c1C. The molecule has 4 amide bonds. The van der Waals surface area contributed by atoms with Crippen LogP contribution in [0, 0.1) is 13.8 Å². The van der Waals surface area contributed by atoms with Gasteiger partial charge in [0.05, 0.1) is 16.7 Å². The van der Waals surface area contributed by atoms with Gasteiger partial charge in [0.1, 0.15) is 5.00 Å². The minimum atomic E-state index is -0.589. The van der Waals surface area contributed by atoms with Crippen LogP contribution < -0.4 is 11.1 Å². The van der Waals surface area contributed by atoms with Crippen LogP contribution in [0.3, 0.4) is 0 Å². The highest BCUT2D eigenvalue weighted by Crippen LogP contribution is 2.32. The molecule has 0 saturated heterocycles. The number of aryl methyl sites for hydroxylation is 1. The van der Waals surface area contributed by atoms with Crippen molar-refractivity contribution in [2.75, 3.05) is 11.9 Å². The molecule has 0 atom stereocenters. The molecule has 2 heterocycles. The van der Waals surface area contributed by atoms with Crippen LogP contribution in [-0.2, 0) is 4.79 Å². The maximum atomic E-state index is 12.4.